The fourth-order valence-corrected chi connectivity index (χ4v) is 2.76. The molecule has 2 aromatic carbocycles. The molecule has 0 fully saturated rings. The molecule has 2 nitrogen and oxygen atoms in total. The lowest BCUT2D eigenvalue weighted by molar-refractivity contribution is 0.103. The van der Waals surface area contributed by atoms with E-state index in [-0.39, 0.29) is 5.78 Å². The molecule has 3 rings (SSSR count). The van der Waals surface area contributed by atoms with Crippen molar-refractivity contribution in [1.82, 2.24) is 0 Å². The van der Waals surface area contributed by atoms with Crippen molar-refractivity contribution < 1.29 is 9.53 Å². The van der Waals surface area contributed by atoms with E-state index in [9.17, 15) is 4.79 Å². The highest BCUT2D eigenvalue weighted by atomic mass is 16.5. The van der Waals surface area contributed by atoms with E-state index < -0.39 is 0 Å². The quantitative estimate of drug-likeness (QED) is 0.771. The second-order valence-corrected chi connectivity index (χ2v) is 5.61. The van der Waals surface area contributed by atoms with Crippen molar-refractivity contribution in [1.29, 1.82) is 0 Å². The summed E-state index contributed by atoms with van der Waals surface area (Å²) < 4.78 is 5.95. The van der Waals surface area contributed by atoms with Gasteiger partial charge in [-0.25, -0.2) is 0 Å². The number of aryl methyl sites for hydroxylation is 1. The lowest BCUT2D eigenvalue weighted by atomic mass is 9.89. The smallest absolute Gasteiger partial charge is 0.197 e. The van der Waals surface area contributed by atoms with E-state index in [4.69, 9.17) is 4.74 Å². The van der Waals surface area contributed by atoms with Crippen molar-refractivity contribution in [3.05, 3.63) is 64.2 Å². The molecule has 0 radical (unpaired) electrons. The standard InChI is InChI=1S/C18H18O2/c1-11(2)14-9-8-12(3)18-16(14)17(19)15-7-5-4-6-13(15)10-20-18/h4-9,11H,10H2,1-3H3. The summed E-state index contributed by atoms with van der Waals surface area (Å²) in [5.74, 6) is 1.13. The maximum absolute atomic E-state index is 12.9. The summed E-state index contributed by atoms with van der Waals surface area (Å²) in [4.78, 5) is 12.9. The molecule has 0 aromatic heterocycles. The first kappa shape index (κ1) is 12.9. The van der Waals surface area contributed by atoms with E-state index in [1.54, 1.807) is 0 Å². The monoisotopic (exact) mass is 266 g/mol. The number of rotatable bonds is 1. The van der Waals surface area contributed by atoms with Gasteiger partial charge in [-0.3, -0.25) is 4.79 Å². The Morgan fingerprint density at radius 3 is 2.60 bits per heavy atom. The van der Waals surface area contributed by atoms with Crippen molar-refractivity contribution in [3.8, 4) is 5.75 Å². The number of fused-ring (bicyclic) bond motifs is 2. The van der Waals surface area contributed by atoms with Gasteiger partial charge >= 0.3 is 0 Å². The lowest BCUT2D eigenvalue weighted by Crippen LogP contribution is -2.08. The van der Waals surface area contributed by atoms with Crippen LogP contribution in [0.4, 0.5) is 0 Å². The highest BCUT2D eigenvalue weighted by Crippen LogP contribution is 2.36. The van der Waals surface area contributed by atoms with Crippen molar-refractivity contribution in [3.63, 3.8) is 0 Å². The molecule has 0 saturated heterocycles. The number of hydrogen-bond acceptors (Lipinski definition) is 2. The summed E-state index contributed by atoms with van der Waals surface area (Å²) >= 11 is 0. The van der Waals surface area contributed by atoms with Crippen molar-refractivity contribution in [2.24, 2.45) is 0 Å². The van der Waals surface area contributed by atoms with Crippen LogP contribution in [0.25, 0.3) is 0 Å². The number of carbonyl (C=O) groups is 1. The van der Waals surface area contributed by atoms with E-state index in [0.717, 1.165) is 33.6 Å². The fourth-order valence-electron chi connectivity index (χ4n) is 2.76. The van der Waals surface area contributed by atoms with Crippen LogP contribution in [0.5, 0.6) is 5.75 Å². The predicted molar refractivity (Wildman–Crippen MR) is 79.5 cm³/mol. The van der Waals surface area contributed by atoms with E-state index >= 15 is 0 Å². The summed E-state index contributed by atoms with van der Waals surface area (Å²) in [6, 6.07) is 11.8. The molecule has 2 aromatic rings. The van der Waals surface area contributed by atoms with Crippen LogP contribution in [0.1, 0.15) is 52.4 Å². The summed E-state index contributed by atoms with van der Waals surface area (Å²) in [6.07, 6.45) is 0. The molecule has 0 unspecified atom stereocenters. The first-order valence-electron chi connectivity index (χ1n) is 6.98. The highest BCUT2D eigenvalue weighted by molar-refractivity contribution is 6.13. The average Bonchev–Trinajstić information content (AvgIpc) is 2.58. The van der Waals surface area contributed by atoms with Crippen molar-refractivity contribution in [2.45, 2.75) is 33.3 Å². The highest BCUT2D eigenvalue weighted by Gasteiger charge is 2.26. The average molecular weight is 266 g/mol. The van der Waals surface area contributed by atoms with E-state index in [1.807, 2.05) is 43.3 Å². The van der Waals surface area contributed by atoms with Gasteiger partial charge in [0.05, 0.1) is 5.56 Å². The second-order valence-electron chi connectivity index (χ2n) is 5.61. The predicted octanol–water partition coefficient (Wildman–Crippen LogP) is 4.24. The molecule has 1 aliphatic rings. The van der Waals surface area contributed by atoms with Gasteiger partial charge in [0.1, 0.15) is 12.4 Å². The molecular weight excluding hydrogens is 248 g/mol. The van der Waals surface area contributed by atoms with Gasteiger partial charge in [0, 0.05) is 11.1 Å². The minimum Gasteiger partial charge on any atom is -0.488 e. The number of ketones is 1. The third kappa shape index (κ3) is 1.92. The Bertz CT molecular complexity index is 684. The van der Waals surface area contributed by atoms with Gasteiger partial charge < -0.3 is 4.74 Å². The number of hydrogen-bond donors (Lipinski definition) is 0. The SMILES string of the molecule is Cc1ccc(C(C)C)c2c1OCc1ccccc1C2=O. The molecule has 0 amide bonds. The third-order valence-electron chi connectivity index (χ3n) is 3.87. The van der Waals surface area contributed by atoms with Gasteiger partial charge in [-0.15, -0.1) is 0 Å². The van der Waals surface area contributed by atoms with Crippen LogP contribution >= 0.6 is 0 Å². The van der Waals surface area contributed by atoms with Crippen LogP contribution < -0.4 is 4.74 Å². The van der Waals surface area contributed by atoms with Crippen LogP contribution in [-0.4, -0.2) is 5.78 Å². The van der Waals surface area contributed by atoms with Crippen LogP contribution in [0.3, 0.4) is 0 Å². The normalized spacial score (nSPS) is 13.5. The largest absolute Gasteiger partial charge is 0.488 e. The van der Waals surface area contributed by atoms with Gasteiger partial charge in [-0.1, -0.05) is 50.2 Å². The zero-order chi connectivity index (χ0) is 14.3. The Hall–Kier alpha value is -2.09. The molecule has 0 aliphatic carbocycles. The van der Waals surface area contributed by atoms with Crippen molar-refractivity contribution >= 4 is 5.78 Å². The van der Waals surface area contributed by atoms with E-state index in [2.05, 4.69) is 13.8 Å². The molecule has 0 N–H and O–H groups in total. The Morgan fingerprint density at radius 1 is 1.10 bits per heavy atom. The minimum atomic E-state index is 0.0838. The number of ether oxygens (including phenoxy) is 1. The molecule has 102 valence electrons. The minimum absolute atomic E-state index is 0.0838. The van der Waals surface area contributed by atoms with Gasteiger partial charge in [0.25, 0.3) is 0 Å². The topological polar surface area (TPSA) is 26.3 Å². The first-order valence-corrected chi connectivity index (χ1v) is 6.98. The fraction of sp³-hybridized carbons (Fsp3) is 0.278. The van der Waals surface area contributed by atoms with Crippen LogP contribution in [0.15, 0.2) is 36.4 Å². The summed E-state index contributed by atoms with van der Waals surface area (Å²) in [6.45, 7) is 6.66. The Kier molecular flexibility index (Phi) is 3.09. The van der Waals surface area contributed by atoms with Gasteiger partial charge in [-0.05, 0) is 24.0 Å². The Morgan fingerprint density at radius 2 is 1.85 bits per heavy atom. The van der Waals surface area contributed by atoms with E-state index in [0.29, 0.717) is 12.5 Å². The number of carbonyl (C=O) groups excluding carboxylic acids is 1. The molecular formula is C18H18O2. The number of benzene rings is 2. The Balaban J connectivity index is 2.29. The molecule has 1 aliphatic heterocycles. The first-order chi connectivity index (χ1) is 9.59. The Labute approximate surface area is 119 Å². The molecule has 2 heteroatoms. The third-order valence-corrected chi connectivity index (χ3v) is 3.87. The maximum atomic E-state index is 12.9. The molecule has 0 saturated carbocycles. The molecule has 20 heavy (non-hydrogen) atoms. The van der Waals surface area contributed by atoms with Crippen molar-refractivity contribution in [2.75, 3.05) is 0 Å². The molecule has 0 spiro atoms. The van der Waals surface area contributed by atoms with Gasteiger partial charge in [0.15, 0.2) is 5.78 Å². The molecule has 1 heterocycles. The molecule has 0 atom stereocenters. The summed E-state index contributed by atoms with van der Waals surface area (Å²) in [7, 11) is 0. The van der Waals surface area contributed by atoms with Crippen LogP contribution in [0, 0.1) is 6.92 Å². The second kappa shape index (κ2) is 4.78. The summed E-state index contributed by atoms with van der Waals surface area (Å²) in [5.41, 5.74) is 4.55. The van der Waals surface area contributed by atoms with Crippen LogP contribution in [-0.2, 0) is 6.61 Å². The van der Waals surface area contributed by atoms with Gasteiger partial charge in [0.2, 0.25) is 0 Å². The van der Waals surface area contributed by atoms with Crippen LogP contribution in [0.2, 0.25) is 0 Å². The van der Waals surface area contributed by atoms with Gasteiger partial charge in [-0.2, -0.15) is 0 Å². The summed E-state index contributed by atoms with van der Waals surface area (Å²) in [5, 5.41) is 0. The zero-order valence-electron chi connectivity index (χ0n) is 12.1. The zero-order valence-corrected chi connectivity index (χ0v) is 12.1. The maximum Gasteiger partial charge on any atom is 0.197 e. The lowest BCUT2D eigenvalue weighted by Gasteiger charge is -2.16. The molecule has 0 bridgehead atoms. The van der Waals surface area contributed by atoms with E-state index in [1.165, 1.54) is 0 Å².